The highest BCUT2D eigenvalue weighted by atomic mass is 32.1. The number of aliphatic hydroxyl groups is 1. The van der Waals surface area contributed by atoms with Crippen molar-refractivity contribution in [2.75, 3.05) is 5.32 Å². The molecule has 0 spiro atoms. The first kappa shape index (κ1) is 18.3. The van der Waals surface area contributed by atoms with Gasteiger partial charge < -0.3 is 10.4 Å². The van der Waals surface area contributed by atoms with Crippen molar-refractivity contribution in [3.05, 3.63) is 82.3 Å². The smallest absolute Gasteiger partial charge is 0.289 e. The van der Waals surface area contributed by atoms with Crippen LogP contribution in [0, 0.1) is 6.92 Å². The lowest BCUT2D eigenvalue weighted by Crippen LogP contribution is -2.38. The Bertz CT molecular complexity index is 946. The fourth-order valence-electron chi connectivity index (χ4n) is 2.67. The van der Waals surface area contributed by atoms with Gasteiger partial charge in [0, 0.05) is 17.3 Å². The Morgan fingerprint density at radius 1 is 1.19 bits per heavy atom. The van der Waals surface area contributed by atoms with Crippen LogP contribution in [-0.4, -0.2) is 10.1 Å². The standard InChI is InChI=1S/C21H20N2OS2/c1-3-16-8-4-9-17(13-16)22-21(25)19(20(24)18-10-6-12-26-18)23-11-5-7-15(2)14-23/h4-14H,3H2,1-2H3,(H-,22,24,25)/p+1. The number of thiophene rings is 1. The molecule has 0 atom stereocenters. The van der Waals surface area contributed by atoms with Gasteiger partial charge in [0.1, 0.15) is 0 Å². The number of pyridine rings is 1. The Kier molecular flexibility index (Phi) is 5.81. The summed E-state index contributed by atoms with van der Waals surface area (Å²) in [6.45, 7) is 4.13. The molecule has 3 nitrogen and oxygen atoms in total. The number of aryl methyl sites for hydroxylation is 2. The zero-order valence-corrected chi connectivity index (χ0v) is 16.4. The monoisotopic (exact) mass is 381 g/mol. The van der Waals surface area contributed by atoms with Gasteiger partial charge in [-0.2, -0.15) is 4.57 Å². The van der Waals surface area contributed by atoms with Crippen molar-refractivity contribution in [1.29, 1.82) is 0 Å². The maximum atomic E-state index is 10.9. The number of benzene rings is 1. The van der Waals surface area contributed by atoms with Crippen molar-refractivity contribution in [1.82, 2.24) is 0 Å². The minimum atomic E-state index is 0.166. The van der Waals surface area contributed by atoms with Crippen molar-refractivity contribution in [3.63, 3.8) is 0 Å². The normalized spacial score (nSPS) is 11.8. The van der Waals surface area contributed by atoms with E-state index >= 15 is 0 Å². The summed E-state index contributed by atoms with van der Waals surface area (Å²) in [5.74, 6) is 0.166. The number of thiocarbonyl (C=S) groups is 1. The minimum absolute atomic E-state index is 0.166. The third kappa shape index (κ3) is 4.18. The Labute approximate surface area is 163 Å². The molecule has 132 valence electrons. The minimum Gasteiger partial charge on any atom is -0.501 e. The highest BCUT2D eigenvalue weighted by Crippen LogP contribution is 2.23. The summed E-state index contributed by atoms with van der Waals surface area (Å²) in [6.07, 6.45) is 4.80. The molecular formula is C21H21N2OS2+. The number of nitrogens with one attached hydrogen (secondary N) is 1. The molecule has 0 unspecified atom stereocenters. The zero-order valence-electron chi connectivity index (χ0n) is 14.8. The van der Waals surface area contributed by atoms with Gasteiger partial charge in [0.2, 0.25) is 5.76 Å². The number of hydrogen-bond donors (Lipinski definition) is 2. The molecule has 0 aliphatic heterocycles. The predicted molar refractivity (Wildman–Crippen MR) is 113 cm³/mol. The molecule has 2 heterocycles. The number of aliphatic hydroxyl groups excluding tert-OH is 1. The van der Waals surface area contributed by atoms with E-state index in [2.05, 4.69) is 24.4 Å². The summed E-state index contributed by atoms with van der Waals surface area (Å²) in [7, 11) is 0. The number of anilines is 1. The lowest BCUT2D eigenvalue weighted by molar-refractivity contribution is -0.576. The van der Waals surface area contributed by atoms with Crippen LogP contribution in [0.1, 0.15) is 22.9 Å². The highest BCUT2D eigenvalue weighted by molar-refractivity contribution is 7.81. The van der Waals surface area contributed by atoms with E-state index in [1.165, 1.54) is 16.9 Å². The van der Waals surface area contributed by atoms with Crippen molar-refractivity contribution in [2.24, 2.45) is 0 Å². The Morgan fingerprint density at radius 3 is 2.73 bits per heavy atom. The first-order valence-electron chi connectivity index (χ1n) is 8.44. The molecular weight excluding hydrogens is 360 g/mol. The second kappa shape index (κ2) is 8.25. The third-order valence-corrected chi connectivity index (χ3v) is 5.17. The summed E-state index contributed by atoms with van der Waals surface area (Å²) in [6, 6.07) is 15.9. The average molecular weight is 382 g/mol. The molecule has 3 rings (SSSR count). The summed E-state index contributed by atoms with van der Waals surface area (Å²) in [4.78, 5) is 1.25. The van der Waals surface area contributed by atoms with E-state index in [0.717, 1.165) is 22.5 Å². The second-order valence-electron chi connectivity index (χ2n) is 5.97. The predicted octanol–water partition coefficient (Wildman–Crippen LogP) is 5.23. The molecule has 3 aromatic rings. The molecule has 1 aromatic carbocycles. The van der Waals surface area contributed by atoms with Gasteiger partial charge in [-0.25, -0.2) is 0 Å². The van der Waals surface area contributed by atoms with Crippen LogP contribution in [0.2, 0.25) is 0 Å². The maximum absolute atomic E-state index is 10.9. The fraction of sp³-hybridized carbons (Fsp3) is 0.143. The van der Waals surface area contributed by atoms with Gasteiger partial charge in [-0.1, -0.05) is 37.3 Å². The molecule has 0 amide bonds. The fourth-order valence-corrected chi connectivity index (χ4v) is 3.66. The van der Waals surface area contributed by atoms with Crippen molar-refractivity contribution in [2.45, 2.75) is 20.3 Å². The molecule has 0 saturated carbocycles. The van der Waals surface area contributed by atoms with Gasteiger partial charge in [0.05, 0.1) is 4.88 Å². The topological polar surface area (TPSA) is 36.1 Å². The molecule has 0 aliphatic carbocycles. The summed E-state index contributed by atoms with van der Waals surface area (Å²) in [5.41, 5.74) is 3.79. The molecule has 5 heteroatoms. The summed E-state index contributed by atoms with van der Waals surface area (Å²) >= 11 is 7.15. The number of nitrogens with zero attached hydrogens (tertiary/aromatic N) is 1. The number of aromatic nitrogens is 1. The molecule has 0 saturated heterocycles. The van der Waals surface area contributed by atoms with Crippen molar-refractivity contribution < 1.29 is 9.67 Å². The SMILES string of the molecule is CCc1cccc(NC(=S)/C(=C(/O)c2cccs2)[n+]2cccc(C)c2)c1. The van der Waals surface area contributed by atoms with E-state index in [-0.39, 0.29) is 5.76 Å². The average Bonchev–Trinajstić information content (AvgIpc) is 3.17. The second-order valence-corrected chi connectivity index (χ2v) is 7.33. The van der Waals surface area contributed by atoms with E-state index in [1.807, 2.05) is 65.7 Å². The lowest BCUT2D eigenvalue weighted by Gasteiger charge is -2.10. The lowest BCUT2D eigenvalue weighted by atomic mass is 10.1. The summed E-state index contributed by atoms with van der Waals surface area (Å²) in [5, 5.41) is 16.1. The molecule has 2 N–H and O–H groups in total. The molecule has 0 bridgehead atoms. The zero-order chi connectivity index (χ0) is 18.5. The Morgan fingerprint density at radius 2 is 2.04 bits per heavy atom. The van der Waals surface area contributed by atoms with Crippen LogP contribution < -0.4 is 9.88 Å². The Balaban J connectivity index is 2.03. The van der Waals surface area contributed by atoms with Crippen LogP contribution in [0.25, 0.3) is 11.5 Å². The van der Waals surface area contributed by atoms with E-state index in [9.17, 15) is 5.11 Å². The first-order valence-corrected chi connectivity index (χ1v) is 9.73. The molecule has 0 radical (unpaired) electrons. The van der Waals surface area contributed by atoms with Gasteiger partial charge in [-0.05, 0) is 48.6 Å². The summed E-state index contributed by atoms with van der Waals surface area (Å²) < 4.78 is 1.86. The van der Waals surface area contributed by atoms with Gasteiger partial charge in [-0.3, -0.25) is 0 Å². The third-order valence-electron chi connectivity index (χ3n) is 3.99. The van der Waals surface area contributed by atoms with E-state index in [0.29, 0.717) is 10.7 Å². The first-order chi connectivity index (χ1) is 12.6. The van der Waals surface area contributed by atoms with Crippen molar-refractivity contribution >= 4 is 45.7 Å². The van der Waals surface area contributed by atoms with Crippen LogP contribution in [-0.2, 0) is 6.42 Å². The van der Waals surface area contributed by atoms with E-state index in [4.69, 9.17) is 12.2 Å². The molecule has 2 aromatic heterocycles. The van der Waals surface area contributed by atoms with Crippen LogP contribution in [0.3, 0.4) is 0 Å². The van der Waals surface area contributed by atoms with Crippen molar-refractivity contribution in [3.8, 4) is 0 Å². The molecule has 26 heavy (non-hydrogen) atoms. The van der Waals surface area contributed by atoms with Crippen LogP contribution in [0.5, 0.6) is 0 Å². The Hall–Kier alpha value is -2.50. The largest absolute Gasteiger partial charge is 0.501 e. The van der Waals surface area contributed by atoms with Crippen LogP contribution in [0.15, 0.2) is 66.3 Å². The van der Waals surface area contributed by atoms with E-state index < -0.39 is 0 Å². The highest BCUT2D eigenvalue weighted by Gasteiger charge is 2.24. The van der Waals surface area contributed by atoms with Crippen LogP contribution >= 0.6 is 23.6 Å². The number of hydrogen-bond acceptors (Lipinski definition) is 3. The van der Waals surface area contributed by atoms with Gasteiger partial charge in [-0.15, -0.1) is 11.3 Å². The number of rotatable bonds is 5. The maximum Gasteiger partial charge on any atom is 0.289 e. The van der Waals surface area contributed by atoms with Gasteiger partial charge in [0.25, 0.3) is 5.70 Å². The quantitative estimate of drug-likeness (QED) is 0.275. The van der Waals surface area contributed by atoms with Gasteiger partial charge >= 0.3 is 0 Å². The molecule has 0 fully saturated rings. The van der Waals surface area contributed by atoms with Gasteiger partial charge in [0.15, 0.2) is 17.4 Å². The molecule has 0 aliphatic rings. The van der Waals surface area contributed by atoms with E-state index in [1.54, 1.807) is 0 Å². The van der Waals surface area contributed by atoms with Crippen LogP contribution in [0.4, 0.5) is 5.69 Å².